The molecule has 1 amide bonds. The molecule has 1 saturated carbocycles. The lowest BCUT2D eigenvalue weighted by atomic mass is 9.84. The Morgan fingerprint density at radius 1 is 1.21 bits per heavy atom. The third-order valence-electron chi connectivity index (χ3n) is 4.90. The lowest BCUT2D eigenvalue weighted by molar-refractivity contribution is -0.187. The Morgan fingerprint density at radius 2 is 1.86 bits per heavy atom. The van der Waals surface area contributed by atoms with Gasteiger partial charge >= 0.3 is 6.18 Å². The zero-order valence-corrected chi connectivity index (χ0v) is 15.8. The number of hydrogen-bond donors (Lipinski definition) is 1. The van der Waals surface area contributed by atoms with E-state index >= 15 is 0 Å². The first-order valence-corrected chi connectivity index (χ1v) is 9.29. The van der Waals surface area contributed by atoms with Crippen molar-refractivity contribution in [2.24, 2.45) is 5.92 Å². The van der Waals surface area contributed by atoms with Crippen molar-refractivity contribution >= 4 is 17.5 Å². The van der Waals surface area contributed by atoms with Crippen LogP contribution in [-0.2, 0) is 0 Å². The Labute approximate surface area is 164 Å². The first-order valence-electron chi connectivity index (χ1n) is 8.91. The molecule has 0 radical (unpaired) electrons. The Kier molecular flexibility index (Phi) is 5.79. The van der Waals surface area contributed by atoms with Gasteiger partial charge in [0.05, 0.1) is 11.6 Å². The number of amides is 1. The number of hydrogen-bond acceptors (Lipinski definition) is 3. The first kappa shape index (κ1) is 20.4. The molecule has 5 nitrogen and oxygen atoms in total. The highest BCUT2D eigenvalue weighted by Crippen LogP contribution is 2.37. The highest BCUT2D eigenvalue weighted by atomic mass is 35.5. The quantitative estimate of drug-likeness (QED) is 0.825. The number of aromatic nitrogens is 2. The third kappa shape index (κ3) is 4.38. The maximum atomic E-state index is 13.3. The van der Waals surface area contributed by atoms with Gasteiger partial charge < -0.3 is 5.32 Å². The largest absolute Gasteiger partial charge is 0.393 e. The average Bonchev–Trinajstić information content (AvgIpc) is 2.62. The number of alkyl halides is 3. The van der Waals surface area contributed by atoms with E-state index in [2.05, 4.69) is 10.4 Å². The summed E-state index contributed by atoms with van der Waals surface area (Å²) in [7, 11) is 0. The molecule has 2 aromatic rings. The van der Waals surface area contributed by atoms with Crippen LogP contribution in [-0.4, -0.2) is 27.9 Å². The maximum absolute atomic E-state index is 13.3. The van der Waals surface area contributed by atoms with Crippen molar-refractivity contribution < 1.29 is 18.0 Å². The standard InChI is InChI=1S/C19H19ClF3N3O2/c1-11-10-16(27)17(25-26(11)13-8-6-12(20)7-9-13)18(28)24-15-5-3-2-4-14(15)19(21,22)23/h6-10,14-15H,2-5H2,1H3,(H,24,28)/t14-,15+/m1/s1. The van der Waals surface area contributed by atoms with Crippen LogP contribution in [0, 0.1) is 12.8 Å². The van der Waals surface area contributed by atoms with Crippen molar-refractivity contribution in [2.45, 2.75) is 44.8 Å². The van der Waals surface area contributed by atoms with E-state index < -0.39 is 35.2 Å². The molecule has 3 rings (SSSR count). The molecule has 0 saturated heterocycles. The Bertz CT molecular complexity index is 926. The van der Waals surface area contributed by atoms with Crippen LogP contribution in [0.1, 0.15) is 41.9 Å². The van der Waals surface area contributed by atoms with E-state index in [9.17, 15) is 22.8 Å². The van der Waals surface area contributed by atoms with Crippen molar-refractivity contribution in [3.63, 3.8) is 0 Å². The van der Waals surface area contributed by atoms with Crippen LogP contribution < -0.4 is 10.7 Å². The molecule has 2 atom stereocenters. The molecule has 1 aliphatic carbocycles. The zero-order valence-electron chi connectivity index (χ0n) is 15.1. The summed E-state index contributed by atoms with van der Waals surface area (Å²) in [4.78, 5) is 24.8. The molecular formula is C19H19ClF3N3O2. The lowest BCUT2D eigenvalue weighted by Crippen LogP contribution is -2.48. The molecule has 0 unspecified atom stereocenters. The minimum Gasteiger partial charge on any atom is -0.347 e. The van der Waals surface area contributed by atoms with Gasteiger partial charge in [0.15, 0.2) is 5.69 Å². The molecule has 0 spiro atoms. The minimum atomic E-state index is -4.40. The van der Waals surface area contributed by atoms with Crippen LogP contribution in [0.25, 0.3) is 5.69 Å². The summed E-state index contributed by atoms with van der Waals surface area (Å²) in [6, 6.07) is 6.76. The van der Waals surface area contributed by atoms with Crippen LogP contribution in [0.4, 0.5) is 13.2 Å². The predicted molar refractivity (Wildman–Crippen MR) is 98.8 cm³/mol. The van der Waals surface area contributed by atoms with Gasteiger partial charge in [-0.05, 0) is 44.0 Å². The number of carbonyl (C=O) groups is 1. The molecule has 0 aliphatic heterocycles. The number of aryl methyl sites for hydroxylation is 1. The van der Waals surface area contributed by atoms with Crippen molar-refractivity contribution in [3.8, 4) is 5.69 Å². The van der Waals surface area contributed by atoms with E-state index in [1.807, 2.05) is 0 Å². The van der Waals surface area contributed by atoms with Crippen LogP contribution in [0.2, 0.25) is 5.02 Å². The van der Waals surface area contributed by atoms with Gasteiger partial charge in [-0.1, -0.05) is 24.4 Å². The SMILES string of the molecule is Cc1cc(=O)c(C(=O)N[C@H]2CCCC[C@H]2C(F)(F)F)nn1-c1ccc(Cl)cc1. The van der Waals surface area contributed by atoms with Crippen molar-refractivity contribution in [1.82, 2.24) is 15.1 Å². The number of rotatable bonds is 3. The molecule has 1 fully saturated rings. The van der Waals surface area contributed by atoms with Gasteiger partial charge in [0.25, 0.3) is 5.91 Å². The van der Waals surface area contributed by atoms with E-state index in [0.717, 1.165) is 0 Å². The summed E-state index contributed by atoms with van der Waals surface area (Å²) in [6.45, 7) is 1.64. The van der Waals surface area contributed by atoms with Gasteiger partial charge in [0, 0.05) is 22.8 Å². The zero-order chi connectivity index (χ0) is 20.5. The molecule has 1 heterocycles. The monoisotopic (exact) mass is 413 g/mol. The second-order valence-electron chi connectivity index (χ2n) is 6.90. The fourth-order valence-corrected chi connectivity index (χ4v) is 3.61. The van der Waals surface area contributed by atoms with E-state index in [1.54, 1.807) is 31.2 Å². The van der Waals surface area contributed by atoms with E-state index in [0.29, 0.717) is 29.2 Å². The van der Waals surface area contributed by atoms with Crippen molar-refractivity contribution in [1.29, 1.82) is 0 Å². The molecule has 1 aromatic heterocycles. The summed E-state index contributed by atoms with van der Waals surface area (Å²) in [5.74, 6) is -2.51. The number of benzene rings is 1. The average molecular weight is 414 g/mol. The Morgan fingerprint density at radius 3 is 2.50 bits per heavy atom. The van der Waals surface area contributed by atoms with Gasteiger partial charge in [-0.3, -0.25) is 9.59 Å². The fraction of sp³-hybridized carbons (Fsp3) is 0.421. The molecule has 0 bridgehead atoms. The van der Waals surface area contributed by atoms with Gasteiger partial charge in [0.1, 0.15) is 0 Å². The third-order valence-corrected chi connectivity index (χ3v) is 5.15. The molecule has 9 heteroatoms. The molecule has 1 aliphatic rings. The van der Waals surface area contributed by atoms with E-state index in [4.69, 9.17) is 11.6 Å². The molecule has 1 N–H and O–H groups in total. The van der Waals surface area contributed by atoms with Crippen LogP contribution >= 0.6 is 11.6 Å². The maximum Gasteiger partial charge on any atom is 0.393 e. The van der Waals surface area contributed by atoms with Crippen molar-refractivity contribution in [2.75, 3.05) is 0 Å². The number of carbonyl (C=O) groups excluding carboxylic acids is 1. The highest BCUT2D eigenvalue weighted by Gasteiger charge is 2.46. The normalized spacial score (nSPS) is 20.0. The summed E-state index contributed by atoms with van der Waals surface area (Å²) < 4.78 is 41.1. The fourth-order valence-electron chi connectivity index (χ4n) is 3.48. The molecule has 150 valence electrons. The number of nitrogens with one attached hydrogen (secondary N) is 1. The second kappa shape index (κ2) is 7.95. The number of nitrogens with zero attached hydrogens (tertiary/aromatic N) is 2. The van der Waals surface area contributed by atoms with Crippen LogP contribution in [0.15, 0.2) is 35.1 Å². The predicted octanol–water partition coefficient (Wildman–Crippen LogP) is 4.05. The summed E-state index contributed by atoms with van der Waals surface area (Å²) in [6.07, 6.45) is -3.17. The first-order chi connectivity index (χ1) is 13.2. The summed E-state index contributed by atoms with van der Waals surface area (Å²) >= 11 is 5.87. The minimum absolute atomic E-state index is 0.0369. The lowest BCUT2D eigenvalue weighted by Gasteiger charge is -2.33. The topological polar surface area (TPSA) is 64.0 Å². The molecular weight excluding hydrogens is 395 g/mol. The van der Waals surface area contributed by atoms with Gasteiger partial charge in [-0.25, -0.2) is 4.68 Å². The van der Waals surface area contributed by atoms with Gasteiger partial charge in [0.2, 0.25) is 5.43 Å². The van der Waals surface area contributed by atoms with E-state index in [-0.39, 0.29) is 12.8 Å². The Hall–Kier alpha value is -2.35. The summed E-state index contributed by atoms with van der Waals surface area (Å²) in [5.41, 5.74) is -0.0249. The van der Waals surface area contributed by atoms with E-state index in [1.165, 1.54) is 10.7 Å². The molecule has 28 heavy (non-hydrogen) atoms. The highest BCUT2D eigenvalue weighted by molar-refractivity contribution is 6.30. The van der Waals surface area contributed by atoms with Crippen LogP contribution in [0.3, 0.4) is 0 Å². The van der Waals surface area contributed by atoms with Crippen LogP contribution in [0.5, 0.6) is 0 Å². The number of halogens is 4. The summed E-state index contributed by atoms with van der Waals surface area (Å²) in [5, 5.41) is 6.99. The van der Waals surface area contributed by atoms with Crippen molar-refractivity contribution in [3.05, 3.63) is 57.0 Å². The molecule has 1 aromatic carbocycles. The second-order valence-corrected chi connectivity index (χ2v) is 7.34. The smallest absolute Gasteiger partial charge is 0.347 e. The Balaban J connectivity index is 1.90. The van der Waals surface area contributed by atoms with Gasteiger partial charge in [-0.15, -0.1) is 0 Å². The van der Waals surface area contributed by atoms with Gasteiger partial charge in [-0.2, -0.15) is 18.3 Å².